The van der Waals surface area contributed by atoms with E-state index in [9.17, 15) is 17.6 Å². The zero-order chi connectivity index (χ0) is 12.6. The van der Waals surface area contributed by atoms with Gasteiger partial charge in [-0.15, -0.1) is 0 Å². The van der Waals surface area contributed by atoms with Crippen LogP contribution in [0, 0.1) is 11.7 Å². The molecule has 0 N–H and O–H groups in total. The number of ketones is 1. The van der Waals surface area contributed by atoms with Crippen LogP contribution >= 0.6 is 11.6 Å². The Bertz CT molecular complexity index is 564. The predicted molar refractivity (Wildman–Crippen MR) is 61.2 cm³/mol. The van der Waals surface area contributed by atoms with Gasteiger partial charge in [-0.1, -0.05) is 11.6 Å². The maximum atomic E-state index is 12.9. The summed E-state index contributed by atoms with van der Waals surface area (Å²) in [6, 6.07) is 3.14. The molecule has 0 unspecified atom stereocenters. The van der Waals surface area contributed by atoms with Crippen LogP contribution in [-0.4, -0.2) is 20.0 Å². The molecule has 0 spiro atoms. The van der Waals surface area contributed by atoms with Gasteiger partial charge in [0.25, 0.3) is 0 Å². The van der Waals surface area contributed by atoms with Gasteiger partial charge in [0.05, 0.1) is 9.92 Å². The third-order valence-corrected chi connectivity index (χ3v) is 4.54. The molecule has 17 heavy (non-hydrogen) atoms. The molecular formula is C11H10ClFO3S. The fraction of sp³-hybridized carbons (Fsp3) is 0.364. The third-order valence-electron chi connectivity index (χ3n) is 2.62. The Morgan fingerprint density at radius 1 is 1.41 bits per heavy atom. The second kappa shape index (κ2) is 4.38. The van der Waals surface area contributed by atoms with Gasteiger partial charge in [0, 0.05) is 5.92 Å². The van der Waals surface area contributed by atoms with E-state index in [4.69, 9.17) is 11.6 Å². The molecule has 0 radical (unpaired) electrons. The van der Waals surface area contributed by atoms with Crippen molar-refractivity contribution < 1.29 is 17.6 Å². The lowest BCUT2D eigenvalue weighted by Crippen LogP contribution is -2.17. The number of Topliss-reactive ketones (excluding diaryl/α,β-unsaturated/α-hetero) is 1. The van der Waals surface area contributed by atoms with Crippen LogP contribution in [0.25, 0.3) is 0 Å². The van der Waals surface area contributed by atoms with Crippen LogP contribution in [0.1, 0.15) is 12.8 Å². The van der Waals surface area contributed by atoms with E-state index in [1.165, 1.54) is 0 Å². The molecule has 0 amide bonds. The molecule has 1 fully saturated rings. The Morgan fingerprint density at radius 2 is 2.06 bits per heavy atom. The average Bonchev–Trinajstić information content (AvgIpc) is 3.04. The van der Waals surface area contributed by atoms with Crippen LogP contribution < -0.4 is 0 Å². The number of carbonyl (C=O) groups is 1. The largest absolute Gasteiger partial charge is 0.298 e. The number of rotatable bonds is 4. The van der Waals surface area contributed by atoms with Gasteiger partial charge in [-0.3, -0.25) is 4.79 Å². The Labute approximate surface area is 104 Å². The maximum Gasteiger partial charge on any atom is 0.185 e. The van der Waals surface area contributed by atoms with Gasteiger partial charge in [0.2, 0.25) is 0 Å². The molecule has 1 aliphatic rings. The average molecular weight is 277 g/mol. The number of hydrogen-bond donors (Lipinski definition) is 0. The van der Waals surface area contributed by atoms with Crippen molar-refractivity contribution in [2.45, 2.75) is 17.7 Å². The molecule has 92 valence electrons. The van der Waals surface area contributed by atoms with E-state index in [0.29, 0.717) is 0 Å². The Kier molecular flexibility index (Phi) is 3.23. The molecule has 0 aromatic heterocycles. The van der Waals surface area contributed by atoms with Crippen molar-refractivity contribution >= 4 is 27.2 Å². The molecule has 0 aliphatic heterocycles. The SMILES string of the molecule is O=C(CS(=O)(=O)c1ccc(F)c(Cl)c1)C1CC1. The lowest BCUT2D eigenvalue weighted by atomic mass is 10.3. The van der Waals surface area contributed by atoms with Gasteiger partial charge in [0.15, 0.2) is 15.6 Å². The molecule has 1 aromatic rings. The second-order valence-electron chi connectivity index (χ2n) is 4.08. The van der Waals surface area contributed by atoms with Gasteiger partial charge in [-0.05, 0) is 31.0 Å². The minimum absolute atomic E-state index is 0.110. The Balaban J connectivity index is 2.24. The maximum absolute atomic E-state index is 12.9. The number of carbonyl (C=O) groups excluding carboxylic acids is 1. The van der Waals surface area contributed by atoms with E-state index in [2.05, 4.69) is 0 Å². The summed E-state index contributed by atoms with van der Waals surface area (Å²) in [5.74, 6) is -1.59. The topological polar surface area (TPSA) is 51.2 Å². The van der Waals surface area contributed by atoms with Gasteiger partial charge in [-0.25, -0.2) is 12.8 Å². The highest BCUT2D eigenvalue weighted by Crippen LogP contribution is 2.31. The number of sulfone groups is 1. The first-order valence-electron chi connectivity index (χ1n) is 5.10. The van der Waals surface area contributed by atoms with Crippen LogP contribution in [0.5, 0.6) is 0 Å². The molecule has 1 aromatic carbocycles. The molecule has 3 nitrogen and oxygen atoms in total. The molecule has 2 rings (SSSR count). The van der Waals surface area contributed by atoms with Crippen molar-refractivity contribution in [3.63, 3.8) is 0 Å². The first-order valence-corrected chi connectivity index (χ1v) is 7.14. The lowest BCUT2D eigenvalue weighted by molar-refractivity contribution is -0.117. The van der Waals surface area contributed by atoms with Crippen LogP contribution in [0.4, 0.5) is 4.39 Å². The monoisotopic (exact) mass is 276 g/mol. The zero-order valence-electron chi connectivity index (χ0n) is 8.82. The fourth-order valence-corrected chi connectivity index (χ4v) is 3.06. The van der Waals surface area contributed by atoms with Crippen molar-refractivity contribution in [3.05, 3.63) is 29.0 Å². The van der Waals surface area contributed by atoms with E-state index in [-0.39, 0.29) is 21.6 Å². The van der Waals surface area contributed by atoms with Crippen LogP contribution in [0.2, 0.25) is 5.02 Å². The number of benzene rings is 1. The summed E-state index contributed by atoms with van der Waals surface area (Å²) in [7, 11) is -3.70. The molecule has 0 atom stereocenters. The van der Waals surface area contributed by atoms with Gasteiger partial charge < -0.3 is 0 Å². The number of halogens is 2. The molecular weight excluding hydrogens is 267 g/mol. The molecule has 0 bridgehead atoms. The highest BCUT2D eigenvalue weighted by atomic mass is 35.5. The van der Waals surface area contributed by atoms with Crippen molar-refractivity contribution in [2.75, 3.05) is 5.75 Å². The minimum Gasteiger partial charge on any atom is -0.298 e. The molecule has 6 heteroatoms. The Hall–Kier alpha value is -0.940. The van der Waals surface area contributed by atoms with Crippen molar-refractivity contribution in [2.24, 2.45) is 5.92 Å². The van der Waals surface area contributed by atoms with Crippen molar-refractivity contribution in [1.82, 2.24) is 0 Å². The zero-order valence-corrected chi connectivity index (χ0v) is 10.4. The third kappa shape index (κ3) is 2.84. The van der Waals surface area contributed by atoms with Crippen molar-refractivity contribution in [3.8, 4) is 0 Å². The quantitative estimate of drug-likeness (QED) is 0.793. The minimum atomic E-state index is -3.70. The summed E-state index contributed by atoms with van der Waals surface area (Å²) in [6.45, 7) is 0. The standard InChI is InChI=1S/C11H10ClFO3S/c12-9-5-8(3-4-10(9)13)17(15,16)6-11(14)7-1-2-7/h3-5,7H,1-2,6H2. The Morgan fingerprint density at radius 3 is 2.59 bits per heavy atom. The lowest BCUT2D eigenvalue weighted by Gasteiger charge is -2.04. The van der Waals surface area contributed by atoms with Crippen LogP contribution in [0.3, 0.4) is 0 Å². The van der Waals surface area contributed by atoms with E-state index >= 15 is 0 Å². The first-order chi connectivity index (χ1) is 7.90. The van der Waals surface area contributed by atoms with E-state index in [0.717, 1.165) is 31.0 Å². The molecule has 1 aliphatic carbocycles. The van der Waals surface area contributed by atoms with E-state index < -0.39 is 21.4 Å². The smallest absolute Gasteiger partial charge is 0.185 e. The van der Waals surface area contributed by atoms with Gasteiger partial charge in [-0.2, -0.15) is 0 Å². The fourth-order valence-electron chi connectivity index (χ4n) is 1.46. The van der Waals surface area contributed by atoms with Crippen LogP contribution in [0.15, 0.2) is 23.1 Å². The van der Waals surface area contributed by atoms with E-state index in [1.807, 2.05) is 0 Å². The molecule has 0 heterocycles. The first kappa shape index (κ1) is 12.5. The molecule has 1 saturated carbocycles. The summed E-state index contributed by atoms with van der Waals surface area (Å²) in [4.78, 5) is 11.3. The summed E-state index contributed by atoms with van der Waals surface area (Å²) < 4.78 is 36.6. The normalized spacial score (nSPS) is 15.9. The summed E-state index contributed by atoms with van der Waals surface area (Å²) in [6.07, 6.45) is 1.52. The van der Waals surface area contributed by atoms with Gasteiger partial charge >= 0.3 is 0 Å². The summed E-state index contributed by atoms with van der Waals surface area (Å²) in [5.41, 5.74) is 0. The highest BCUT2D eigenvalue weighted by molar-refractivity contribution is 7.92. The number of hydrogen-bond acceptors (Lipinski definition) is 3. The second-order valence-corrected chi connectivity index (χ2v) is 6.47. The van der Waals surface area contributed by atoms with Crippen molar-refractivity contribution in [1.29, 1.82) is 0 Å². The highest BCUT2D eigenvalue weighted by Gasteiger charge is 2.33. The molecule has 0 saturated heterocycles. The predicted octanol–water partition coefficient (Wildman–Crippen LogP) is 2.23. The van der Waals surface area contributed by atoms with Gasteiger partial charge in [0.1, 0.15) is 11.6 Å². The van der Waals surface area contributed by atoms with E-state index in [1.54, 1.807) is 0 Å². The summed E-state index contributed by atoms with van der Waals surface area (Å²) >= 11 is 5.51. The summed E-state index contributed by atoms with van der Waals surface area (Å²) in [5, 5.41) is -0.259. The van der Waals surface area contributed by atoms with Crippen LogP contribution in [-0.2, 0) is 14.6 Å².